The van der Waals surface area contributed by atoms with Crippen LogP contribution in [0.3, 0.4) is 0 Å². The van der Waals surface area contributed by atoms with Crippen molar-refractivity contribution < 1.29 is 4.74 Å². The van der Waals surface area contributed by atoms with Gasteiger partial charge in [-0.25, -0.2) is 4.68 Å². The molecule has 0 aliphatic heterocycles. The van der Waals surface area contributed by atoms with Crippen molar-refractivity contribution in [3.63, 3.8) is 0 Å². The van der Waals surface area contributed by atoms with Gasteiger partial charge in [0.15, 0.2) is 0 Å². The summed E-state index contributed by atoms with van der Waals surface area (Å²) >= 11 is 0. The Kier molecular flexibility index (Phi) is 3.55. The van der Waals surface area contributed by atoms with Gasteiger partial charge in [0, 0.05) is 26.3 Å². The third-order valence-corrected chi connectivity index (χ3v) is 2.91. The van der Waals surface area contributed by atoms with Gasteiger partial charge in [-0.1, -0.05) is 0 Å². The summed E-state index contributed by atoms with van der Waals surface area (Å²) in [5.74, 6) is 0.794. The summed E-state index contributed by atoms with van der Waals surface area (Å²) in [4.78, 5) is 0. The van der Waals surface area contributed by atoms with Crippen molar-refractivity contribution in [3.8, 4) is 5.88 Å². The summed E-state index contributed by atoms with van der Waals surface area (Å²) in [5.41, 5.74) is 3.05. The van der Waals surface area contributed by atoms with Crippen LogP contribution in [0.1, 0.15) is 18.2 Å². The molecule has 1 N–H and O–H groups in total. The SMILES string of the molecule is CCn1cc(NCc2c(C)nn(C)c2OC)cn1. The fourth-order valence-corrected chi connectivity index (χ4v) is 1.96. The first-order valence-corrected chi connectivity index (χ1v) is 5.98. The van der Waals surface area contributed by atoms with E-state index in [2.05, 4.69) is 22.4 Å². The van der Waals surface area contributed by atoms with E-state index >= 15 is 0 Å². The molecule has 0 radical (unpaired) electrons. The van der Waals surface area contributed by atoms with Gasteiger partial charge in [0.1, 0.15) is 0 Å². The van der Waals surface area contributed by atoms with E-state index < -0.39 is 0 Å². The number of methoxy groups -OCH3 is 1. The molecule has 0 atom stereocenters. The summed E-state index contributed by atoms with van der Waals surface area (Å²) < 4.78 is 8.99. The zero-order valence-electron chi connectivity index (χ0n) is 11.3. The molecule has 0 aliphatic carbocycles. The van der Waals surface area contributed by atoms with Gasteiger partial charge >= 0.3 is 0 Å². The summed E-state index contributed by atoms with van der Waals surface area (Å²) in [7, 11) is 3.54. The van der Waals surface area contributed by atoms with Crippen LogP contribution >= 0.6 is 0 Å². The number of aryl methyl sites for hydroxylation is 3. The Labute approximate surface area is 107 Å². The van der Waals surface area contributed by atoms with E-state index in [1.165, 1.54) is 0 Å². The molecule has 0 aromatic carbocycles. The van der Waals surface area contributed by atoms with Crippen molar-refractivity contribution in [2.45, 2.75) is 26.9 Å². The molecule has 0 spiro atoms. The topological polar surface area (TPSA) is 56.9 Å². The van der Waals surface area contributed by atoms with Crippen LogP contribution in [0.25, 0.3) is 0 Å². The molecular weight excluding hydrogens is 230 g/mol. The molecule has 0 fully saturated rings. The van der Waals surface area contributed by atoms with E-state index in [-0.39, 0.29) is 0 Å². The van der Waals surface area contributed by atoms with Crippen LogP contribution in [-0.4, -0.2) is 26.7 Å². The molecule has 0 amide bonds. The lowest BCUT2D eigenvalue weighted by Gasteiger charge is -2.06. The van der Waals surface area contributed by atoms with Gasteiger partial charge in [0.05, 0.1) is 30.3 Å². The van der Waals surface area contributed by atoms with Gasteiger partial charge in [-0.15, -0.1) is 0 Å². The molecule has 0 unspecified atom stereocenters. The maximum atomic E-state index is 5.35. The Morgan fingerprint density at radius 1 is 1.44 bits per heavy atom. The number of hydrogen-bond acceptors (Lipinski definition) is 4. The highest BCUT2D eigenvalue weighted by molar-refractivity contribution is 5.41. The Morgan fingerprint density at radius 3 is 2.83 bits per heavy atom. The number of rotatable bonds is 5. The molecule has 0 aliphatic rings. The second-order valence-electron chi connectivity index (χ2n) is 4.14. The van der Waals surface area contributed by atoms with Crippen LogP contribution in [0.15, 0.2) is 12.4 Å². The van der Waals surface area contributed by atoms with Gasteiger partial charge in [-0.3, -0.25) is 4.68 Å². The Bertz CT molecular complexity index is 529. The van der Waals surface area contributed by atoms with Crippen LogP contribution < -0.4 is 10.1 Å². The zero-order valence-corrected chi connectivity index (χ0v) is 11.3. The zero-order chi connectivity index (χ0) is 13.1. The van der Waals surface area contributed by atoms with Gasteiger partial charge in [0.25, 0.3) is 0 Å². The summed E-state index contributed by atoms with van der Waals surface area (Å²) in [6.45, 7) is 5.59. The van der Waals surface area contributed by atoms with E-state index in [1.807, 2.05) is 31.0 Å². The normalized spacial score (nSPS) is 10.7. The van der Waals surface area contributed by atoms with E-state index in [0.29, 0.717) is 6.54 Å². The Morgan fingerprint density at radius 2 is 2.22 bits per heavy atom. The number of hydrogen-bond donors (Lipinski definition) is 1. The van der Waals surface area contributed by atoms with Gasteiger partial charge in [0.2, 0.25) is 5.88 Å². The minimum atomic E-state index is 0.679. The molecule has 18 heavy (non-hydrogen) atoms. The fraction of sp³-hybridized carbons (Fsp3) is 0.500. The number of nitrogens with zero attached hydrogens (tertiary/aromatic N) is 4. The second-order valence-corrected chi connectivity index (χ2v) is 4.14. The van der Waals surface area contributed by atoms with E-state index in [0.717, 1.165) is 29.4 Å². The van der Waals surface area contributed by atoms with Crippen molar-refractivity contribution in [1.82, 2.24) is 19.6 Å². The molecule has 98 valence electrons. The van der Waals surface area contributed by atoms with Crippen molar-refractivity contribution >= 4 is 5.69 Å². The predicted octanol–water partition coefficient (Wildman–Crippen LogP) is 1.57. The maximum absolute atomic E-state index is 5.35. The molecule has 0 saturated carbocycles. The average Bonchev–Trinajstić information content (AvgIpc) is 2.91. The first-order chi connectivity index (χ1) is 8.65. The largest absolute Gasteiger partial charge is 0.481 e. The molecule has 2 aromatic rings. The third-order valence-electron chi connectivity index (χ3n) is 2.91. The molecule has 6 heteroatoms. The van der Waals surface area contributed by atoms with Gasteiger partial charge in [-0.05, 0) is 13.8 Å². The standard InChI is InChI=1S/C12H19N5O/c1-5-17-8-10(6-14-17)13-7-11-9(2)15-16(3)12(11)18-4/h6,8,13H,5,7H2,1-4H3. The van der Waals surface area contributed by atoms with Crippen LogP contribution in [0.5, 0.6) is 5.88 Å². The van der Waals surface area contributed by atoms with Crippen molar-refractivity contribution in [2.24, 2.45) is 7.05 Å². The fourth-order valence-electron chi connectivity index (χ4n) is 1.96. The molecule has 2 heterocycles. The number of nitrogens with one attached hydrogen (secondary N) is 1. The lowest BCUT2D eigenvalue weighted by Crippen LogP contribution is -2.02. The van der Waals surface area contributed by atoms with E-state index in [9.17, 15) is 0 Å². The maximum Gasteiger partial charge on any atom is 0.216 e. The molecular formula is C12H19N5O. The molecule has 0 bridgehead atoms. The summed E-state index contributed by atoms with van der Waals surface area (Å²) in [5, 5.41) is 11.9. The first kappa shape index (κ1) is 12.5. The quantitative estimate of drug-likeness (QED) is 0.873. The molecule has 6 nitrogen and oxygen atoms in total. The molecule has 0 saturated heterocycles. The van der Waals surface area contributed by atoms with Crippen molar-refractivity contribution in [2.75, 3.05) is 12.4 Å². The van der Waals surface area contributed by atoms with Gasteiger partial charge < -0.3 is 10.1 Å². The second kappa shape index (κ2) is 5.12. The average molecular weight is 249 g/mol. The van der Waals surface area contributed by atoms with Gasteiger partial charge in [-0.2, -0.15) is 10.2 Å². The first-order valence-electron chi connectivity index (χ1n) is 5.98. The van der Waals surface area contributed by atoms with Crippen molar-refractivity contribution in [1.29, 1.82) is 0 Å². The Hall–Kier alpha value is -1.98. The van der Waals surface area contributed by atoms with Crippen LogP contribution in [0, 0.1) is 6.92 Å². The third kappa shape index (κ3) is 2.32. The van der Waals surface area contributed by atoms with Crippen LogP contribution in [0.4, 0.5) is 5.69 Å². The summed E-state index contributed by atoms with van der Waals surface area (Å²) in [6.07, 6.45) is 3.81. The summed E-state index contributed by atoms with van der Waals surface area (Å²) in [6, 6.07) is 0. The van der Waals surface area contributed by atoms with E-state index in [1.54, 1.807) is 11.8 Å². The predicted molar refractivity (Wildman–Crippen MR) is 69.7 cm³/mol. The minimum Gasteiger partial charge on any atom is -0.481 e. The molecule has 2 aromatic heterocycles. The number of anilines is 1. The lowest BCUT2D eigenvalue weighted by molar-refractivity contribution is 0.370. The molecule has 2 rings (SSSR count). The number of aromatic nitrogens is 4. The smallest absolute Gasteiger partial charge is 0.216 e. The minimum absolute atomic E-state index is 0.679. The highest BCUT2D eigenvalue weighted by atomic mass is 16.5. The lowest BCUT2D eigenvalue weighted by atomic mass is 10.2. The highest BCUT2D eigenvalue weighted by Gasteiger charge is 2.13. The number of ether oxygens (including phenoxy) is 1. The Balaban J connectivity index is 2.10. The van der Waals surface area contributed by atoms with Crippen LogP contribution in [0.2, 0.25) is 0 Å². The van der Waals surface area contributed by atoms with Crippen molar-refractivity contribution in [3.05, 3.63) is 23.7 Å². The highest BCUT2D eigenvalue weighted by Crippen LogP contribution is 2.22. The van der Waals surface area contributed by atoms with E-state index in [4.69, 9.17) is 4.74 Å². The van der Waals surface area contributed by atoms with Crippen LogP contribution in [-0.2, 0) is 20.1 Å². The monoisotopic (exact) mass is 249 g/mol.